The first-order valence-corrected chi connectivity index (χ1v) is 10.1. The fourth-order valence-corrected chi connectivity index (χ4v) is 4.84. The number of rotatable bonds is 4. The summed E-state index contributed by atoms with van der Waals surface area (Å²) in [4.78, 5) is 32.9. The molecule has 142 valence electrons. The summed E-state index contributed by atoms with van der Waals surface area (Å²) in [5.74, 6) is -0.162. The fraction of sp³-hybridized carbons (Fsp3) is 0.450. The number of aromatic nitrogens is 1. The number of ether oxygens (including phenoxy) is 1. The zero-order chi connectivity index (χ0) is 18.7. The van der Waals surface area contributed by atoms with Gasteiger partial charge in [-0.05, 0) is 36.4 Å². The van der Waals surface area contributed by atoms with Gasteiger partial charge in [-0.3, -0.25) is 14.6 Å². The molecule has 0 bridgehead atoms. The predicted octanol–water partition coefficient (Wildman–Crippen LogP) is 2.58. The maximum atomic E-state index is 13.1. The molecule has 1 atom stereocenters. The Balaban J connectivity index is 1.51. The first-order valence-electron chi connectivity index (χ1n) is 9.25. The molecule has 2 saturated heterocycles. The molecule has 27 heavy (non-hydrogen) atoms. The molecule has 7 heteroatoms. The Hall–Kier alpha value is -2.25. The van der Waals surface area contributed by atoms with E-state index in [2.05, 4.69) is 10.3 Å². The fourth-order valence-electron chi connectivity index (χ4n) is 4.14. The number of nitrogens with zero attached hydrogens (tertiary/aromatic N) is 2. The number of anilines is 1. The first-order chi connectivity index (χ1) is 13.2. The van der Waals surface area contributed by atoms with Crippen molar-refractivity contribution >= 4 is 28.8 Å². The lowest BCUT2D eigenvalue weighted by atomic mass is 9.71. The molecule has 0 saturated carbocycles. The minimum atomic E-state index is -0.228. The highest BCUT2D eigenvalue weighted by molar-refractivity contribution is 7.10. The quantitative estimate of drug-likeness (QED) is 0.878. The van der Waals surface area contributed by atoms with E-state index in [1.54, 1.807) is 29.8 Å². The van der Waals surface area contributed by atoms with Gasteiger partial charge in [0.05, 0.1) is 24.2 Å². The monoisotopic (exact) mass is 385 g/mol. The summed E-state index contributed by atoms with van der Waals surface area (Å²) in [6.45, 7) is 2.38. The van der Waals surface area contributed by atoms with Crippen LogP contribution >= 0.6 is 11.3 Å². The van der Waals surface area contributed by atoms with Crippen LogP contribution in [0, 0.1) is 11.3 Å². The van der Waals surface area contributed by atoms with Gasteiger partial charge >= 0.3 is 0 Å². The molecule has 2 amide bonds. The Morgan fingerprint density at radius 3 is 2.85 bits per heavy atom. The van der Waals surface area contributed by atoms with Crippen LogP contribution in [0.5, 0.6) is 0 Å². The Labute approximate surface area is 162 Å². The first kappa shape index (κ1) is 18.1. The summed E-state index contributed by atoms with van der Waals surface area (Å²) in [5, 5.41) is 4.97. The topological polar surface area (TPSA) is 71.5 Å². The van der Waals surface area contributed by atoms with Gasteiger partial charge in [0.25, 0.3) is 0 Å². The lowest BCUT2D eigenvalue weighted by Crippen LogP contribution is -2.42. The third-order valence-electron chi connectivity index (χ3n) is 5.64. The molecule has 1 spiro atoms. The second-order valence-electron chi connectivity index (χ2n) is 7.29. The Kier molecular flexibility index (Phi) is 5.22. The van der Waals surface area contributed by atoms with E-state index < -0.39 is 0 Å². The third kappa shape index (κ3) is 3.89. The molecule has 4 heterocycles. The maximum absolute atomic E-state index is 13.1. The smallest absolute Gasteiger partial charge is 0.229 e. The number of nitrogens with one attached hydrogen (secondary N) is 1. The largest absolute Gasteiger partial charge is 0.381 e. The summed E-state index contributed by atoms with van der Waals surface area (Å²) in [6, 6.07) is 7.57. The third-order valence-corrected chi connectivity index (χ3v) is 6.52. The van der Waals surface area contributed by atoms with Crippen LogP contribution in [0.3, 0.4) is 0 Å². The van der Waals surface area contributed by atoms with Crippen molar-refractivity contribution in [3.63, 3.8) is 0 Å². The average Bonchev–Trinajstić information content (AvgIpc) is 3.31. The zero-order valence-corrected chi connectivity index (χ0v) is 15.9. The van der Waals surface area contributed by atoms with Crippen molar-refractivity contribution in [1.82, 2.24) is 9.88 Å². The number of likely N-dealkylation sites (tertiary alicyclic amines) is 1. The number of pyridine rings is 1. The highest BCUT2D eigenvalue weighted by atomic mass is 32.1. The number of hydrogen-bond acceptors (Lipinski definition) is 5. The molecule has 2 aliphatic heterocycles. The minimum Gasteiger partial charge on any atom is -0.381 e. The summed E-state index contributed by atoms with van der Waals surface area (Å²) >= 11 is 1.59. The van der Waals surface area contributed by atoms with Gasteiger partial charge in [-0.15, -0.1) is 11.3 Å². The van der Waals surface area contributed by atoms with Gasteiger partial charge in [-0.1, -0.05) is 6.07 Å². The molecule has 0 aliphatic carbocycles. The van der Waals surface area contributed by atoms with Crippen LogP contribution in [0.1, 0.15) is 17.7 Å². The summed E-state index contributed by atoms with van der Waals surface area (Å²) in [7, 11) is 0. The maximum Gasteiger partial charge on any atom is 0.229 e. The zero-order valence-electron chi connectivity index (χ0n) is 15.1. The van der Waals surface area contributed by atoms with Crippen molar-refractivity contribution in [1.29, 1.82) is 0 Å². The van der Waals surface area contributed by atoms with Crippen LogP contribution in [-0.2, 0) is 20.7 Å². The number of hydrogen-bond donors (Lipinski definition) is 1. The van der Waals surface area contributed by atoms with E-state index in [-0.39, 0.29) is 23.1 Å². The lowest BCUT2D eigenvalue weighted by Gasteiger charge is -2.37. The molecule has 2 aromatic heterocycles. The van der Waals surface area contributed by atoms with Gasteiger partial charge in [0.15, 0.2) is 0 Å². The van der Waals surface area contributed by atoms with Crippen molar-refractivity contribution in [2.75, 3.05) is 31.6 Å². The normalized spacial score (nSPS) is 21.3. The second kappa shape index (κ2) is 7.78. The van der Waals surface area contributed by atoms with Crippen LogP contribution in [0.4, 0.5) is 5.69 Å². The standard InChI is InChI=1S/C20H23N3O3S/c24-18(11-16-4-2-10-27-16)23-13-17(20(14-23)5-8-26-9-6-20)19(25)22-15-3-1-7-21-12-15/h1-4,7,10,12,17H,5-6,8-9,11,13-14H2,(H,22,25)/t17-/m1/s1. The van der Waals surface area contributed by atoms with Crippen LogP contribution in [0.25, 0.3) is 0 Å². The van der Waals surface area contributed by atoms with Crippen LogP contribution in [0.15, 0.2) is 42.0 Å². The van der Waals surface area contributed by atoms with Gasteiger partial charge < -0.3 is 15.0 Å². The molecule has 4 rings (SSSR count). The van der Waals surface area contributed by atoms with E-state index in [4.69, 9.17) is 4.74 Å². The molecule has 1 N–H and O–H groups in total. The van der Waals surface area contributed by atoms with Crippen LogP contribution in [-0.4, -0.2) is 48.0 Å². The van der Waals surface area contributed by atoms with Gasteiger partial charge in [-0.25, -0.2) is 0 Å². The van der Waals surface area contributed by atoms with Crippen molar-refractivity contribution < 1.29 is 14.3 Å². The molecular weight excluding hydrogens is 362 g/mol. The van der Waals surface area contributed by atoms with Gasteiger partial charge in [-0.2, -0.15) is 0 Å². The second-order valence-corrected chi connectivity index (χ2v) is 8.32. The van der Waals surface area contributed by atoms with E-state index in [9.17, 15) is 9.59 Å². The van der Waals surface area contributed by atoms with E-state index >= 15 is 0 Å². The van der Waals surface area contributed by atoms with E-state index in [1.807, 2.05) is 28.5 Å². The van der Waals surface area contributed by atoms with Crippen molar-refractivity contribution in [3.8, 4) is 0 Å². The average molecular weight is 385 g/mol. The number of thiophene rings is 1. The van der Waals surface area contributed by atoms with E-state index in [1.165, 1.54) is 0 Å². The Morgan fingerprint density at radius 1 is 1.30 bits per heavy atom. The van der Waals surface area contributed by atoms with Crippen molar-refractivity contribution in [3.05, 3.63) is 46.9 Å². The van der Waals surface area contributed by atoms with E-state index in [0.29, 0.717) is 38.4 Å². The van der Waals surface area contributed by atoms with Crippen molar-refractivity contribution in [2.45, 2.75) is 19.3 Å². The number of carbonyl (C=O) groups is 2. The van der Waals surface area contributed by atoms with E-state index in [0.717, 1.165) is 17.7 Å². The summed E-state index contributed by atoms with van der Waals surface area (Å²) < 4.78 is 5.54. The number of amides is 2. The van der Waals surface area contributed by atoms with Crippen LogP contribution in [0.2, 0.25) is 0 Å². The predicted molar refractivity (Wildman–Crippen MR) is 103 cm³/mol. The molecule has 2 aromatic rings. The highest BCUT2D eigenvalue weighted by Crippen LogP contribution is 2.45. The van der Waals surface area contributed by atoms with Gasteiger partial charge in [0.1, 0.15) is 0 Å². The molecule has 0 radical (unpaired) electrons. The molecule has 0 aromatic carbocycles. The summed E-state index contributed by atoms with van der Waals surface area (Å²) in [5.41, 5.74) is 0.489. The van der Waals surface area contributed by atoms with Gasteiger partial charge in [0, 0.05) is 42.8 Å². The molecular formula is C20H23N3O3S. The molecule has 0 unspecified atom stereocenters. The lowest BCUT2D eigenvalue weighted by molar-refractivity contribution is -0.130. The minimum absolute atomic E-state index is 0.0312. The number of carbonyl (C=O) groups excluding carboxylic acids is 2. The summed E-state index contributed by atoms with van der Waals surface area (Å²) in [6.07, 6.45) is 5.34. The highest BCUT2D eigenvalue weighted by Gasteiger charge is 2.51. The Bertz CT molecular complexity index is 788. The Morgan fingerprint density at radius 2 is 2.15 bits per heavy atom. The SMILES string of the molecule is O=C(Nc1cccnc1)[C@H]1CN(C(=O)Cc2cccs2)CC12CCOCC2. The molecule has 2 fully saturated rings. The van der Waals surface area contributed by atoms with Crippen molar-refractivity contribution in [2.24, 2.45) is 11.3 Å². The van der Waals surface area contributed by atoms with Crippen LogP contribution < -0.4 is 5.32 Å². The van der Waals surface area contributed by atoms with Gasteiger partial charge in [0.2, 0.25) is 11.8 Å². The molecule has 6 nitrogen and oxygen atoms in total. The molecule has 2 aliphatic rings.